The van der Waals surface area contributed by atoms with Crippen molar-refractivity contribution in [1.29, 1.82) is 0 Å². The molecule has 2 rings (SSSR count). The molecule has 0 saturated carbocycles. The molecule has 1 N–H and O–H groups in total. The third-order valence-electron chi connectivity index (χ3n) is 5.00. The third-order valence-corrected chi connectivity index (χ3v) is 5.49. The van der Waals surface area contributed by atoms with E-state index in [9.17, 15) is 9.59 Å². The van der Waals surface area contributed by atoms with Gasteiger partial charge in [-0.15, -0.1) is 0 Å². The Kier molecular flexibility index (Phi) is 6.24. The smallest absolute Gasteiger partial charge is 0.339 e. The number of aryl methyl sites for hydroxylation is 1. The molecule has 0 aliphatic carbocycles. The van der Waals surface area contributed by atoms with Crippen LogP contribution in [0.25, 0.3) is 0 Å². The van der Waals surface area contributed by atoms with Crippen molar-refractivity contribution in [3.05, 3.63) is 61.6 Å². The quantitative estimate of drug-likeness (QED) is 0.704. The van der Waals surface area contributed by atoms with Gasteiger partial charge < -0.3 is 10.1 Å². The largest absolute Gasteiger partial charge is 0.452 e. The van der Waals surface area contributed by atoms with Gasteiger partial charge in [-0.1, -0.05) is 15.9 Å². The highest BCUT2D eigenvalue weighted by atomic mass is 79.9. The van der Waals surface area contributed by atoms with E-state index in [1.807, 2.05) is 53.7 Å². The predicted octanol–water partition coefficient (Wildman–Crippen LogP) is 5.10. The molecule has 5 heteroatoms. The molecule has 0 atom stereocenters. The maximum absolute atomic E-state index is 12.6. The van der Waals surface area contributed by atoms with Gasteiger partial charge >= 0.3 is 5.97 Å². The van der Waals surface area contributed by atoms with Gasteiger partial charge in [0.1, 0.15) is 0 Å². The molecule has 0 radical (unpaired) electrons. The first-order chi connectivity index (χ1) is 12.1. The molecule has 0 bridgehead atoms. The SMILES string of the molecule is Cc1cc(Br)ccc1NC(=O)COC(=O)c1c(C)c(C)c(C)c(C)c1C. The minimum atomic E-state index is -0.464. The number of ether oxygens (including phenoxy) is 1. The maximum atomic E-state index is 12.6. The van der Waals surface area contributed by atoms with Crippen LogP contribution >= 0.6 is 15.9 Å². The van der Waals surface area contributed by atoms with E-state index < -0.39 is 5.97 Å². The number of carbonyl (C=O) groups excluding carboxylic acids is 2. The summed E-state index contributed by atoms with van der Waals surface area (Å²) in [5, 5.41) is 2.77. The fourth-order valence-electron chi connectivity index (χ4n) is 2.96. The van der Waals surface area contributed by atoms with Crippen LogP contribution in [0.2, 0.25) is 0 Å². The molecule has 4 nitrogen and oxygen atoms in total. The van der Waals surface area contributed by atoms with Gasteiger partial charge in [-0.3, -0.25) is 4.79 Å². The number of amides is 1. The second-order valence-corrected chi connectivity index (χ2v) is 7.50. The standard InChI is InChI=1S/C21H24BrNO3/c1-11-9-17(22)7-8-18(11)23-19(24)10-26-21(25)20-15(5)13(3)12(2)14(4)16(20)6/h7-9H,10H2,1-6H3,(H,23,24). The van der Waals surface area contributed by atoms with E-state index in [-0.39, 0.29) is 12.5 Å². The van der Waals surface area contributed by atoms with E-state index in [2.05, 4.69) is 21.2 Å². The highest BCUT2D eigenvalue weighted by molar-refractivity contribution is 9.10. The Bertz CT molecular complexity index is 858. The van der Waals surface area contributed by atoms with Crippen molar-refractivity contribution < 1.29 is 14.3 Å². The molecule has 0 aliphatic rings. The van der Waals surface area contributed by atoms with Crippen LogP contribution in [-0.4, -0.2) is 18.5 Å². The van der Waals surface area contributed by atoms with Crippen LogP contribution < -0.4 is 5.32 Å². The van der Waals surface area contributed by atoms with Crippen LogP contribution in [0.15, 0.2) is 22.7 Å². The highest BCUT2D eigenvalue weighted by Crippen LogP contribution is 2.26. The number of hydrogen-bond acceptors (Lipinski definition) is 3. The van der Waals surface area contributed by atoms with Crippen molar-refractivity contribution in [2.75, 3.05) is 11.9 Å². The molecule has 138 valence electrons. The zero-order chi connectivity index (χ0) is 19.6. The molecule has 0 heterocycles. The van der Waals surface area contributed by atoms with Gasteiger partial charge in [0.25, 0.3) is 5.91 Å². The van der Waals surface area contributed by atoms with E-state index in [1.54, 1.807) is 6.07 Å². The Morgan fingerprint density at radius 2 is 1.46 bits per heavy atom. The predicted molar refractivity (Wildman–Crippen MR) is 108 cm³/mol. The summed E-state index contributed by atoms with van der Waals surface area (Å²) in [6, 6.07) is 5.56. The minimum Gasteiger partial charge on any atom is -0.452 e. The lowest BCUT2D eigenvalue weighted by molar-refractivity contribution is -0.119. The second-order valence-electron chi connectivity index (χ2n) is 6.58. The fourth-order valence-corrected chi connectivity index (χ4v) is 3.44. The lowest BCUT2D eigenvalue weighted by Crippen LogP contribution is -2.22. The summed E-state index contributed by atoms with van der Waals surface area (Å²) in [6.07, 6.45) is 0. The van der Waals surface area contributed by atoms with Crippen LogP contribution in [0.5, 0.6) is 0 Å². The first-order valence-corrected chi connectivity index (χ1v) is 9.22. The van der Waals surface area contributed by atoms with Crippen molar-refractivity contribution in [1.82, 2.24) is 0 Å². The summed E-state index contributed by atoms with van der Waals surface area (Å²) < 4.78 is 6.22. The molecule has 1 amide bonds. The van der Waals surface area contributed by atoms with Crippen molar-refractivity contribution >= 4 is 33.5 Å². The molecule has 0 fully saturated rings. The zero-order valence-electron chi connectivity index (χ0n) is 16.0. The third kappa shape index (κ3) is 4.15. The number of esters is 1. The van der Waals surface area contributed by atoms with Crippen LogP contribution in [0.4, 0.5) is 5.69 Å². The Morgan fingerprint density at radius 3 is 2.00 bits per heavy atom. The first-order valence-electron chi connectivity index (χ1n) is 8.43. The molecule has 2 aromatic rings. The van der Waals surface area contributed by atoms with Crippen molar-refractivity contribution in [2.45, 2.75) is 41.5 Å². The molecule has 26 heavy (non-hydrogen) atoms. The molecule has 0 saturated heterocycles. The molecular formula is C21H24BrNO3. The van der Waals surface area contributed by atoms with Gasteiger partial charge in [-0.25, -0.2) is 4.79 Å². The minimum absolute atomic E-state index is 0.320. The lowest BCUT2D eigenvalue weighted by atomic mass is 9.90. The Labute approximate surface area is 163 Å². The number of hydrogen-bond donors (Lipinski definition) is 1. The van der Waals surface area contributed by atoms with Gasteiger partial charge in [0, 0.05) is 10.2 Å². The molecule has 0 aliphatic heterocycles. The Morgan fingerprint density at radius 1 is 0.923 bits per heavy atom. The van der Waals surface area contributed by atoms with E-state index in [0.29, 0.717) is 11.3 Å². The van der Waals surface area contributed by atoms with Gasteiger partial charge in [-0.05, 0) is 93.1 Å². The number of rotatable bonds is 4. The Balaban J connectivity index is 2.11. The zero-order valence-corrected chi connectivity index (χ0v) is 17.6. The van der Waals surface area contributed by atoms with E-state index in [1.165, 1.54) is 5.56 Å². The second kappa shape index (κ2) is 8.04. The number of carbonyl (C=O) groups is 2. The summed E-state index contributed by atoms with van der Waals surface area (Å²) in [7, 11) is 0. The summed E-state index contributed by atoms with van der Waals surface area (Å²) >= 11 is 3.39. The monoisotopic (exact) mass is 417 g/mol. The molecule has 0 unspecified atom stereocenters. The normalized spacial score (nSPS) is 10.6. The molecule has 0 spiro atoms. The topological polar surface area (TPSA) is 55.4 Å². The van der Waals surface area contributed by atoms with Gasteiger partial charge in [0.2, 0.25) is 0 Å². The number of nitrogens with one attached hydrogen (secondary N) is 1. The maximum Gasteiger partial charge on any atom is 0.339 e. The number of benzene rings is 2. The van der Waals surface area contributed by atoms with Crippen LogP contribution in [-0.2, 0) is 9.53 Å². The molecule has 2 aromatic carbocycles. The Hall–Kier alpha value is -2.14. The average molecular weight is 418 g/mol. The number of halogens is 1. The summed E-state index contributed by atoms with van der Waals surface area (Å²) in [4.78, 5) is 24.7. The van der Waals surface area contributed by atoms with E-state index in [4.69, 9.17) is 4.74 Å². The van der Waals surface area contributed by atoms with E-state index in [0.717, 1.165) is 32.3 Å². The van der Waals surface area contributed by atoms with Crippen LogP contribution in [0.3, 0.4) is 0 Å². The van der Waals surface area contributed by atoms with Gasteiger partial charge in [0.05, 0.1) is 5.56 Å². The fraction of sp³-hybridized carbons (Fsp3) is 0.333. The van der Waals surface area contributed by atoms with Gasteiger partial charge in [-0.2, -0.15) is 0 Å². The van der Waals surface area contributed by atoms with Crippen LogP contribution in [0.1, 0.15) is 43.7 Å². The van der Waals surface area contributed by atoms with E-state index >= 15 is 0 Å². The highest BCUT2D eigenvalue weighted by Gasteiger charge is 2.20. The average Bonchev–Trinajstić information content (AvgIpc) is 2.59. The lowest BCUT2D eigenvalue weighted by Gasteiger charge is -2.17. The van der Waals surface area contributed by atoms with Crippen molar-refractivity contribution in [2.24, 2.45) is 0 Å². The molecule has 0 aromatic heterocycles. The molecular weight excluding hydrogens is 394 g/mol. The van der Waals surface area contributed by atoms with Crippen molar-refractivity contribution in [3.63, 3.8) is 0 Å². The van der Waals surface area contributed by atoms with Gasteiger partial charge in [0.15, 0.2) is 6.61 Å². The van der Waals surface area contributed by atoms with Crippen molar-refractivity contribution in [3.8, 4) is 0 Å². The number of anilines is 1. The van der Waals surface area contributed by atoms with Crippen LogP contribution in [0, 0.1) is 41.5 Å². The summed E-state index contributed by atoms with van der Waals surface area (Å²) in [5.74, 6) is -0.825. The summed E-state index contributed by atoms with van der Waals surface area (Å²) in [5.41, 5.74) is 7.32. The summed E-state index contributed by atoms with van der Waals surface area (Å²) in [6.45, 7) is 11.4. The first kappa shape index (κ1) is 20.2.